The highest BCUT2D eigenvalue weighted by atomic mass is 16.4. The average molecular weight is 222 g/mol. The Morgan fingerprint density at radius 2 is 2.25 bits per heavy atom. The molecular formula is C11H14N2O3. The van der Waals surface area contributed by atoms with Crippen LogP contribution in [0.25, 0.3) is 0 Å². The SMILES string of the molecule is CC(C)N(C=O)C(C(=O)O)c1cccnc1. The summed E-state index contributed by atoms with van der Waals surface area (Å²) in [6, 6.07) is 2.13. The predicted octanol–water partition coefficient (Wildman–Crippen LogP) is 1.07. The summed E-state index contributed by atoms with van der Waals surface area (Å²) in [6.07, 6.45) is 3.57. The van der Waals surface area contributed by atoms with Crippen LogP contribution in [0.5, 0.6) is 0 Å². The number of hydrogen-bond donors (Lipinski definition) is 1. The third kappa shape index (κ3) is 2.56. The van der Waals surface area contributed by atoms with Crippen LogP contribution < -0.4 is 0 Å². The maximum atomic E-state index is 11.2. The molecule has 1 rings (SSSR count). The van der Waals surface area contributed by atoms with Crippen molar-refractivity contribution in [3.63, 3.8) is 0 Å². The molecule has 1 N–H and O–H groups in total. The van der Waals surface area contributed by atoms with Crippen molar-refractivity contribution < 1.29 is 14.7 Å². The molecule has 5 nitrogen and oxygen atoms in total. The summed E-state index contributed by atoms with van der Waals surface area (Å²) in [5, 5.41) is 9.15. The highest BCUT2D eigenvalue weighted by Gasteiger charge is 2.28. The predicted molar refractivity (Wildman–Crippen MR) is 57.7 cm³/mol. The molecule has 1 amide bonds. The van der Waals surface area contributed by atoms with Crippen LogP contribution in [0.4, 0.5) is 0 Å². The number of aromatic nitrogens is 1. The molecule has 0 spiro atoms. The van der Waals surface area contributed by atoms with E-state index >= 15 is 0 Å². The van der Waals surface area contributed by atoms with Gasteiger partial charge in [0, 0.05) is 24.0 Å². The lowest BCUT2D eigenvalue weighted by molar-refractivity contribution is -0.148. The van der Waals surface area contributed by atoms with E-state index in [1.807, 2.05) is 0 Å². The van der Waals surface area contributed by atoms with Crippen molar-refractivity contribution in [2.24, 2.45) is 0 Å². The van der Waals surface area contributed by atoms with Crippen LogP contribution in [0.1, 0.15) is 25.5 Å². The van der Waals surface area contributed by atoms with E-state index in [0.29, 0.717) is 12.0 Å². The number of carboxylic acids is 1. The number of nitrogens with zero attached hydrogens (tertiary/aromatic N) is 2. The minimum Gasteiger partial charge on any atom is -0.479 e. The molecule has 1 aromatic heterocycles. The van der Waals surface area contributed by atoms with Crippen molar-refractivity contribution in [2.45, 2.75) is 25.9 Å². The van der Waals surface area contributed by atoms with E-state index < -0.39 is 12.0 Å². The molecule has 0 aromatic carbocycles. The number of amides is 1. The van der Waals surface area contributed by atoms with Crippen LogP contribution >= 0.6 is 0 Å². The third-order valence-corrected chi connectivity index (χ3v) is 2.25. The Bertz CT molecular complexity index is 365. The zero-order chi connectivity index (χ0) is 12.1. The summed E-state index contributed by atoms with van der Waals surface area (Å²) in [7, 11) is 0. The molecule has 0 aliphatic carbocycles. The number of carboxylic acid groups (broad SMARTS) is 1. The molecule has 0 saturated heterocycles. The van der Waals surface area contributed by atoms with Gasteiger partial charge in [0.2, 0.25) is 6.41 Å². The van der Waals surface area contributed by atoms with Crippen LogP contribution in [0.15, 0.2) is 24.5 Å². The standard InChI is InChI=1S/C11H14N2O3/c1-8(2)13(7-14)10(11(15)16)9-4-3-5-12-6-9/h3-8,10H,1-2H3,(H,15,16). The summed E-state index contributed by atoms with van der Waals surface area (Å²) in [6.45, 7) is 3.53. The fourth-order valence-corrected chi connectivity index (χ4v) is 1.46. The van der Waals surface area contributed by atoms with Crippen LogP contribution in [0.3, 0.4) is 0 Å². The number of carbonyl (C=O) groups excluding carboxylic acids is 1. The van der Waals surface area contributed by atoms with Gasteiger partial charge in [0.1, 0.15) is 0 Å². The molecule has 1 aromatic rings. The van der Waals surface area contributed by atoms with Crippen LogP contribution in [0.2, 0.25) is 0 Å². The Hall–Kier alpha value is -1.91. The van der Waals surface area contributed by atoms with E-state index in [2.05, 4.69) is 4.98 Å². The van der Waals surface area contributed by atoms with Gasteiger partial charge >= 0.3 is 5.97 Å². The molecule has 0 fully saturated rings. The normalized spacial score (nSPS) is 12.2. The Morgan fingerprint density at radius 3 is 2.62 bits per heavy atom. The summed E-state index contributed by atoms with van der Waals surface area (Å²) < 4.78 is 0. The van der Waals surface area contributed by atoms with E-state index in [9.17, 15) is 9.59 Å². The Labute approximate surface area is 93.7 Å². The molecule has 1 atom stereocenters. The molecule has 0 radical (unpaired) electrons. The second-order valence-corrected chi connectivity index (χ2v) is 3.67. The van der Waals surface area contributed by atoms with Crippen molar-refractivity contribution in [1.82, 2.24) is 9.88 Å². The molecule has 1 unspecified atom stereocenters. The third-order valence-electron chi connectivity index (χ3n) is 2.25. The molecule has 0 saturated carbocycles. The average Bonchev–Trinajstić information content (AvgIpc) is 2.25. The van der Waals surface area contributed by atoms with Gasteiger partial charge in [-0.25, -0.2) is 4.79 Å². The van der Waals surface area contributed by atoms with E-state index in [1.165, 1.54) is 11.1 Å². The largest absolute Gasteiger partial charge is 0.479 e. The molecular weight excluding hydrogens is 208 g/mol. The van der Waals surface area contributed by atoms with E-state index in [-0.39, 0.29) is 6.04 Å². The number of aliphatic carboxylic acids is 1. The summed E-state index contributed by atoms with van der Waals surface area (Å²) in [5.74, 6) is -1.06. The van der Waals surface area contributed by atoms with Crippen molar-refractivity contribution in [2.75, 3.05) is 0 Å². The second-order valence-electron chi connectivity index (χ2n) is 3.67. The Morgan fingerprint density at radius 1 is 1.56 bits per heavy atom. The zero-order valence-electron chi connectivity index (χ0n) is 9.20. The lowest BCUT2D eigenvalue weighted by atomic mass is 10.1. The second kappa shape index (κ2) is 5.25. The van der Waals surface area contributed by atoms with Crippen LogP contribution in [-0.2, 0) is 9.59 Å². The zero-order valence-corrected chi connectivity index (χ0v) is 9.20. The van der Waals surface area contributed by atoms with Crippen molar-refractivity contribution in [1.29, 1.82) is 0 Å². The van der Waals surface area contributed by atoms with Gasteiger partial charge in [-0.05, 0) is 19.9 Å². The Kier molecular flexibility index (Phi) is 3.99. The van der Waals surface area contributed by atoms with E-state index in [1.54, 1.807) is 32.2 Å². The lowest BCUT2D eigenvalue weighted by Gasteiger charge is -2.28. The first-order valence-electron chi connectivity index (χ1n) is 4.93. The van der Waals surface area contributed by atoms with Crippen molar-refractivity contribution in [3.05, 3.63) is 30.1 Å². The first-order chi connectivity index (χ1) is 7.57. The van der Waals surface area contributed by atoms with Crippen molar-refractivity contribution in [3.8, 4) is 0 Å². The number of rotatable bonds is 5. The van der Waals surface area contributed by atoms with Gasteiger partial charge < -0.3 is 10.0 Å². The van der Waals surface area contributed by atoms with Gasteiger partial charge in [0.15, 0.2) is 6.04 Å². The fraction of sp³-hybridized carbons (Fsp3) is 0.364. The minimum absolute atomic E-state index is 0.182. The number of hydrogen-bond acceptors (Lipinski definition) is 3. The van der Waals surface area contributed by atoms with Gasteiger partial charge in [0.25, 0.3) is 0 Å². The highest BCUT2D eigenvalue weighted by molar-refractivity contribution is 5.78. The van der Waals surface area contributed by atoms with Crippen molar-refractivity contribution >= 4 is 12.4 Å². The quantitative estimate of drug-likeness (QED) is 0.756. The van der Waals surface area contributed by atoms with E-state index in [4.69, 9.17) is 5.11 Å². The molecule has 0 aliphatic rings. The molecule has 5 heteroatoms. The minimum atomic E-state index is -1.06. The monoisotopic (exact) mass is 222 g/mol. The first-order valence-corrected chi connectivity index (χ1v) is 4.93. The summed E-state index contributed by atoms with van der Waals surface area (Å²) in [4.78, 5) is 27.2. The number of pyridine rings is 1. The fourth-order valence-electron chi connectivity index (χ4n) is 1.46. The highest BCUT2D eigenvalue weighted by Crippen LogP contribution is 2.20. The Balaban J connectivity index is 3.09. The maximum absolute atomic E-state index is 11.2. The van der Waals surface area contributed by atoms with Crippen LogP contribution in [0, 0.1) is 0 Å². The molecule has 0 aliphatic heterocycles. The van der Waals surface area contributed by atoms with Gasteiger partial charge in [-0.15, -0.1) is 0 Å². The maximum Gasteiger partial charge on any atom is 0.331 e. The molecule has 16 heavy (non-hydrogen) atoms. The molecule has 86 valence electrons. The van der Waals surface area contributed by atoms with Gasteiger partial charge in [-0.3, -0.25) is 9.78 Å². The first kappa shape index (κ1) is 12.2. The van der Waals surface area contributed by atoms with Gasteiger partial charge in [0.05, 0.1) is 0 Å². The van der Waals surface area contributed by atoms with Gasteiger partial charge in [-0.2, -0.15) is 0 Å². The smallest absolute Gasteiger partial charge is 0.331 e. The van der Waals surface area contributed by atoms with Crippen LogP contribution in [-0.4, -0.2) is 33.4 Å². The lowest BCUT2D eigenvalue weighted by Crippen LogP contribution is -2.38. The topological polar surface area (TPSA) is 70.5 Å². The van der Waals surface area contributed by atoms with E-state index in [0.717, 1.165) is 0 Å². The van der Waals surface area contributed by atoms with Gasteiger partial charge in [-0.1, -0.05) is 6.07 Å². The summed E-state index contributed by atoms with van der Waals surface area (Å²) >= 11 is 0. The summed E-state index contributed by atoms with van der Waals surface area (Å²) in [5.41, 5.74) is 0.496. The number of carbonyl (C=O) groups is 2. The molecule has 1 heterocycles. The molecule has 0 bridgehead atoms.